The number of carbonyl (C=O) groups is 1. The maximum absolute atomic E-state index is 12.8. The van der Waals surface area contributed by atoms with E-state index in [1.165, 1.54) is 12.1 Å². The molecular weight excluding hydrogens is 392 g/mol. The average Bonchev–Trinajstić information content (AvgIpc) is 3.24. The van der Waals surface area contributed by atoms with Gasteiger partial charge in [0.05, 0.1) is 6.54 Å². The Balaban J connectivity index is 1.81. The van der Waals surface area contributed by atoms with Gasteiger partial charge in [0, 0.05) is 17.8 Å². The van der Waals surface area contributed by atoms with Gasteiger partial charge in [-0.05, 0) is 23.1 Å². The highest BCUT2D eigenvalue weighted by Crippen LogP contribution is 2.27. The SMILES string of the molecule is C=CCN(CC(=O)Nc1ccccc1-c1ccccc1)S(=O)(=O)c1cccs1. The number of rotatable bonds is 8. The first-order chi connectivity index (χ1) is 13.5. The van der Waals surface area contributed by atoms with Crippen molar-refractivity contribution in [3.63, 3.8) is 0 Å². The second-order valence-corrected chi connectivity index (χ2v) is 9.09. The predicted molar refractivity (Wildman–Crippen MR) is 114 cm³/mol. The van der Waals surface area contributed by atoms with E-state index in [4.69, 9.17) is 0 Å². The van der Waals surface area contributed by atoms with Crippen molar-refractivity contribution in [2.75, 3.05) is 18.4 Å². The molecule has 0 aliphatic heterocycles. The molecule has 1 N–H and O–H groups in total. The first-order valence-corrected chi connectivity index (χ1v) is 10.9. The highest BCUT2D eigenvalue weighted by molar-refractivity contribution is 7.91. The largest absolute Gasteiger partial charge is 0.324 e. The number of para-hydroxylation sites is 1. The van der Waals surface area contributed by atoms with Gasteiger partial charge in [0.1, 0.15) is 4.21 Å². The molecule has 2 aromatic carbocycles. The molecule has 0 aliphatic rings. The molecule has 0 saturated heterocycles. The van der Waals surface area contributed by atoms with Crippen molar-refractivity contribution in [1.82, 2.24) is 4.31 Å². The number of benzene rings is 2. The van der Waals surface area contributed by atoms with Gasteiger partial charge in [-0.2, -0.15) is 4.31 Å². The predicted octanol–water partition coefficient (Wildman–Crippen LogP) is 4.23. The van der Waals surface area contributed by atoms with Crippen LogP contribution in [0.1, 0.15) is 0 Å². The molecule has 28 heavy (non-hydrogen) atoms. The molecule has 0 bridgehead atoms. The van der Waals surface area contributed by atoms with Crippen LogP contribution < -0.4 is 5.32 Å². The van der Waals surface area contributed by atoms with Crippen molar-refractivity contribution in [3.8, 4) is 11.1 Å². The quantitative estimate of drug-likeness (QED) is 0.563. The topological polar surface area (TPSA) is 66.5 Å². The molecule has 0 fully saturated rings. The molecule has 0 unspecified atom stereocenters. The van der Waals surface area contributed by atoms with Gasteiger partial charge in [-0.1, -0.05) is 60.7 Å². The van der Waals surface area contributed by atoms with E-state index < -0.39 is 15.9 Å². The lowest BCUT2D eigenvalue weighted by Crippen LogP contribution is -2.37. The molecule has 1 heterocycles. The zero-order valence-electron chi connectivity index (χ0n) is 15.1. The van der Waals surface area contributed by atoms with Crippen molar-refractivity contribution in [2.45, 2.75) is 4.21 Å². The number of thiophene rings is 1. The fourth-order valence-corrected chi connectivity index (χ4v) is 5.25. The molecule has 0 atom stereocenters. The summed E-state index contributed by atoms with van der Waals surface area (Å²) in [5.41, 5.74) is 2.46. The number of hydrogen-bond acceptors (Lipinski definition) is 4. The normalized spacial score (nSPS) is 11.3. The molecule has 0 radical (unpaired) electrons. The molecule has 1 amide bonds. The summed E-state index contributed by atoms with van der Waals surface area (Å²) in [6, 6.07) is 20.3. The minimum Gasteiger partial charge on any atom is -0.324 e. The number of anilines is 1. The number of carbonyl (C=O) groups excluding carboxylic acids is 1. The van der Waals surface area contributed by atoms with Crippen LogP contribution in [0.15, 0.2) is 89.0 Å². The fraction of sp³-hybridized carbons (Fsp3) is 0.0952. The molecule has 1 aromatic heterocycles. The van der Waals surface area contributed by atoms with E-state index in [0.29, 0.717) is 5.69 Å². The smallest absolute Gasteiger partial charge is 0.253 e. The van der Waals surface area contributed by atoms with E-state index in [-0.39, 0.29) is 17.3 Å². The molecule has 7 heteroatoms. The average molecular weight is 413 g/mol. The first kappa shape index (κ1) is 20.0. The van der Waals surface area contributed by atoms with Crippen LogP contribution >= 0.6 is 11.3 Å². The number of nitrogens with one attached hydrogen (secondary N) is 1. The summed E-state index contributed by atoms with van der Waals surface area (Å²) in [6.45, 7) is 3.36. The Morgan fingerprint density at radius 1 is 1.04 bits per heavy atom. The zero-order chi connectivity index (χ0) is 20.0. The van der Waals surface area contributed by atoms with Crippen LogP contribution in [0.3, 0.4) is 0 Å². The second kappa shape index (κ2) is 8.97. The highest BCUT2D eigenvalue weighted by Gasteiger charge is 2.26. The van der Waals surface area contributed by atoms with Crippen molar-refractivity contribution >= 4 is 33.0 Å². The fourth-order valence-electron chi connectivity index (χ4n) is 2.74. The van der Waals surface area contributed by atoms with E-state index in [1.807, 2.05) is 48.5 Å². The molecular formula is C21H20N2O3S2. The van der Waals surface area contributed by atoms with Gasteiger partial charge < -0.3 is 5.32 Å². The van der Waals surface area contributed by atoms with E-state index >= 15 is 0 Å². The van der Waals surface area contributed by atoms with Crippen LogP contribution in [0.5, 0.6) is 0 Å². The summed E-state index contributed by atoms with van der Waals surface area (Å²) in [7, 11) is -3.75. The molecule has 3 rings (SSSR count). The zero-order valence-corrected chi connectivity index (χ0v) is 16.7. The van der Waals surface area contributed by atoms with Gasteiger partial charge >= 0.3 is 0 Å². The summed E-state index contributed by atoms with van der Waals surface area (Å²) >= 11 is 1.12. The number of hydrogen-bond donors (Lipinski definition) is 1. The number of sulfonamides is 1. The van der Waals surface area contributed by atoms with Crippen LogP contribution in [-0.4, -0.2) is 31.7 Å². The summed E-state index contributed by atoms with van der Waals surface area (Å²) in [5, 5.41) is 4.53. The third-order valence-corrected chi connectivity index (χ3v) is 7.21. The van der Waals surface area contributed by atoms with E-state index in [2.05, 4.69) is 11.9 Å². The number of nitrogens with zero attached hydrogens (tertiary/aromatic N) is 1. The summed E-state index contributed by atoms with van der Waals surface area (Å²) in [5.74, 6) is -0.412. The van der Waals surface area contributed by atoms with Gasteiger partial charge in [-0.3, -0.25) is 4.79 Å². The third kappa shape index (κ3) is 4.56. The van der Waals surface area contributed by atoms with Gasteiger partial charge in [-0.15, -0.1) is 17.9 Å². The standard InChI is InChI=1S/C21H20N2O3S2/c1-2-14-23(28(25,26)21-13-8-15-27-21)16-20(24)22-19-12-7-6-11-18(19)17-9-4-3-5-10-17/h2-13,15H,1,14,16H2,(H,22,24). The minimum atomic E-state index is -3.75. The third-order valence-electron chi connectivity index (χ3n) is 4.03. The second-order valence-electron chi connectivity index (χ2n) is 5.98. The Morgan fingerprint density at radius 3 is 2.43 bits per heavy atom. The van der Waals surface area contributed by atoms with Crippen LogP contribution in [0.2, 0.25) is 0 Å². The van der Waals surface area contributed by atoms with Crippen molar-refractivity contribution in [3.05, 3.63) is 84.8 Å². The van der Waals surface area contributed by atoms with Crippen molar-refractivity contribution < 1.29 is 13.2 Å². The van der Waals surface area contributed by atoms with Crippen LogP contribution in [0.25, 0.3) is 11.1 Å². The van der Waals surface area contributed by atoms with Gasteiger partial charge in [0.2, 0.25) is 5.91 Å². The first-order valence-electron chi connectivity index (χ1n) is 8.61. The Hall–Kier alpha value is -2.74. The summed E-state index contributed by atoms with van der Waals surface area (Å²) in [4.78, 5) is 12.6. The maximum atomic E-state index is 12.8. The Labute approximate surface area is 169 Å². The molecule has 3 aromatic rings. The van der Waals surface area contributed by atoms with Gasteiger partial charge in [0.25, 0.3) is 10.0 Å². The number of amides is 1. The molecule has 0 saturated carbocycles. The molecule has 0 aliphatic carbocycles. The lowest BCUT2D eigenvalue weighted by molar-refractivity contribution is -0.116. The Kier molecular flexibility index (Phi) is 6.41. The Morgan fingerprint density at radius 2 is 1.75 bits per heavy atom. The Bertz CT molecular complexity index is 1050. The molecule has 5 nitrogen and oxygen atoms in total. The van der Waals surface area contributed by atoms with Crippen LogP contribution in [0.4, 0.5) is 5.69 Å². The van der Waals surface area contributed by atoms with Crippen molar-refractivity contribution in [2.24, 2.45) is 0 Å². The summed E-state index contributed by atoms with van der Waals surface area (Å²) in [6.07, 6.45) is 1.47. The van der Waals surface area contributed by atoms with E-state index in [1.54, 1.807) is 17.5 Å². The van der Waals surface area contributed by atoms with Gasteiger partial charge in [-0.25, -0.2) is 8.42 Å². The molecule has 0 spiro atoms. The lowest BCUT2D eigenvalue weighted by Gasteiger charge is -2.20. The minimum absolute atomic E-state index is 0.0496. The van der Waals surface area contributed by atoms with Crippen LogP contribution in [0, 0.1) is 0 Å². The van der Waals surface area contributed by atoms with Crippen molar-refractivity contribution in [1.29, 1.82) is 0 Å². The van der Waals surface area contributed by atoms with E-state index in [9.17, 15) is 13.2 Å². The highest BCUT2D eigenvalue weighted by atomic mass is 32.2. The van der Waals surface area contributed by atoms with E-state index in [0.717, 1.165) is 26.8 Å². The maximum Gasteiger partial charge on any atom is 0.253 e. The van der Waals surface area contributed by atoms with Crippen LogP contribution in [-0.2, 0) is 14.8 Å². The lowest BCUT2D eigenvalue weighted by atomic mass is 10.0. The van der Waals surface area contributed by atoms with Gasteiger partial charge in [0.15, 0.2) is 0 Å². The monoisotopic (exact) mass is 412 g/mol. The molecule has 144 valence electrons. The summed E-state index contributed by atoms with van der Waals surface area (Å²) < 4.78 is 26.9.